The number of rotatable bonds is 3. The Balaban J connectivity index is 1.26. The molecule has 7 nitrogen and oxygen atoms in total. The second-order valence-corrected chi connectivity index (χ2v) is 10.4. The maximum absolute atomic E-state index is 13.8. The van der Waals surface area contributed by atoms with Crippen molar-refractivity contribution < 1.29 is 14.4 Å². The summed E-state index contributed by atoms with van der Waals surface area (Å²) in [5, 5.41) is 4.24. The highest BCUT2D eigenvalue weighted by atomic mass is 16.2. The third kappa shape index (κ3) is 3.28. The Morgan fingerprint density at radius 3 is 2.49 bits per heavy atom. The topological polar surface area (TPSA) is 85.5 Å². The van der Waals surface area contributed by atoms with Crippen LogP contribution in [0, 0.1) is 5.92 Å². The minimum Gasteiger partial charge on any atom is -0.356 e. The standard InChI is InChI=1S/C28H30N4O3/c1-17-7-11-19(12-8-17)29-25(33)18-9-13-20(14-10-18)32-26(34)28(2)24-22(15-16-31(28)27(32)35)21-5-3-4-6-23(21)30-24/h3-6,9-10,13-14,17,19,30H,7-8,11-12,15-16H2,1-2H3,(H,29,33). The number of para-hydroxylation sites is 1. The van der Waals surface area contributed by atoms with Crippen LogP contribution in [0.5, 0.6) is 0 Å². The maximum Gasteiger partial charge on any atom is 0.332 e. The van der Waals surface area contributed by atoms with Crippen LogP contribution in [0.25, 0.3) is 10.9 Å². The predicted octanol–water partition coefficient (Wildman–Crippen LogP) is 4.72. The van der Waals surface area contributed by atoms with Gasteiger partial charge in [0, 0.05) is 29.1 Å². The zero-order valence-corrected chi connectivity index (χ0v) is 20.1. The Hall–Kier alpha value is -3.61. The van der Waals surface area contributed by atoms with Crippen molar-refractivity contribution in [1.29, 1.82) is 0 Å². The van der Waals surface area contributed by atoms with Gasteiger partial charge in [-0.25, -0.2) is 9.69 Å². The number of carbonyl (C=O) groups excluding carboxylic acids is 3. The van der Waals surface area contributed by atoms with Gasteiger partial charge in [-0.1, -0.05) is 25.1 Å². The monoisotopic (exact) mass is 470 g/mol. The smallest absolute Gasteiger partial charge is 0.332 e. The molecular weight excluding hydrogens is 440 g/mol. The zero-order valence-electron chi connectivity index (χ0n) is 20.1. The summed E-state index contributed by atoms with van der Waals surface area (Å²) in [5.74, 6) is 0.338. The number of imide groups is 1. The van der Waals surface area contributed by atoms with Crippen LogP contribution in [0.2, 0.25) is 0 Å². The van der Waals surface area contributed by atoms with E-state index in [1.54, 1.807) is 29.2 Å². The largest absolute Gasteiger partial charge is 0.356 e. The number of benzene rings is 2. The fourth-order valence-electron chi connectivity index (χ4n) is 6.05. The lowest BCUT2D eigenvalue weighted by molar-refractivity contribution is -0.125. The van der Waals surface area contributed by atoms with Crippen LogP contribution in [0.15, 0.2) is 48.5 Å². The van der Waals surface area contributed by atoms with Gasteiger partial charge in [-0.2, -0.15) is 0 Å². The lowest BCUT2D eigenvalue weighted by Crippen LogP contribution is -2.49. The average molecular weight is 471 g/mol. The number of hydrogen-bond donors (Lipinski definition) is 2. The normalized spacial score (nSPS) is 26.1. The first-order valence-corrected chi connectivity index (χ1v) is 12.5. The van der Waals surface area contributed by atoms with Gasteiger partial charge in [0.1, 0.15) is 0 Å². The number of urea groups is 1. The number of aromatic amines is 1. The van der Waals surface area contributed by atoms with Gasteiger partial charge >= 0.3 is 6.03 Å². The molecule has 3 heterocycles. The number of nitrogens with one attached hydrogen (secondary N) is 2. The summed E-state index contributed by atoms with van der Waals surface area (Å²) in [6.07, 6.45) is 4.98. The van der Waals surface area contributed by atoms with Crippen LogP contribution in [-0.4, -0.2) is 40.3 Å². The summed E-state index contributed by atoms with van der Waals surface area (Å²) in [6, 6.07) is 14.7. The molecule has 1 saturated heterocycles. The highest BCUT2D eigenvalue weighted by Crippen LogP contribution is 2.45. The number of fused-ring (bicyclic) bond motifs is 5. The number of nitrogens with zero attached hydrogens (tertiary/aromatic N) is 2. The van der Waals surface area contributed by atoms with E-state index in [1.165, 1.54) is 4.90 Å². The van der Waals surface area contributed by atoms with E-state index in [0.29, 0.717) is 24.2 Å². The van der Waals surface area contributed by atoms with E-state index in [-0.39, 0.29) is 23.9 Å². The molecular formula is C28H30N4O3. The van der Waals surface area contributed by atoms with Crippen molar-refractivity contribution in [2.24, 2.45) is 5.92 Å². The molecule has 2 N–H and O–H groups in total. The van der Waals surface area contributed by atoms with Crippen molar-refractivity contribution in [1.82, 2.24) is 15.2 Å². The molecule has 1 aromatic heterocycles. The molecule has 1 atom stereocenters. The number of amides is 4. The van der Waals surface area contributed by atoms with Crippen molar-refractivity contribution in [2.45, 2.75) is 57.5 Å². The van der Waals surface area contributed by atoms with E-state index in [9.17, 15) is 14.4 Å². The quantitative estimate of drug-likeness (QED) is 0.544. The van der Waals surface area contributed by atoms with E-state index in [0.717, 1.165) is 53.8 Å². The van der Waals surface area contributed by atoms with Gasteiger partial charge < -0.3 is 15.2 Å². The molecule has 1 saturated carbocycles. The molecule has 1 aliphatic carbocycles. The number of H-pyrrole nitrogens is 1. The van der Waals surface area contributed by atoms with Crippen molar-refractivity contribution in [2.75, 3.05) is 11.4 Å². The van der Waals surface area contributed by atoms with Crippen LogP contribution in [-0.2, 0) is 16.8 Å². The van der Waals surface area contributed by atoms with Gasteiger partial charge in [-0.05, 0) is 80.8 Å². The summed E-state index contributed by atoms with van der Waals surface area (Å²) in [5.41, 5.74) is 2.81. The summed E-state index contributed by atoms with van der Waals surface area (Å²) < 4.78 is 0. The van der Waals surface area contributed by atoms with E-state index in [2.05, 4.69) is 23.3 Å². The first-order chi connectivity index (χ1) is 16.9. The lowest BCUT2D eigenvalue weighted by atomic mass is 9.87. The van der Waals surface area contributed by atoms with Gasteiger partial charge in [-0.3, -0.25) is 9.59 Å². The van der Waals surface area contributed by atoms with Crippen LogP contribution in [0.3, 0.4) is 0 Å². The second kappa shape index (κ2) is 7.97. The van der Waals surface area contributed by atoms with Gasteiger partial charge in [0.15, 0.2) is 5.54 Å². The molecule has 0 spiro atoms. The average Bonchev–Trinajstić information content (AvgIpc) is 3.34. The highest BCUT2D eigenvalue weighted by molar-refractivity contribution is 6.23. The number of hydrogen-bond acceptors (Lipinski definition) is 3. The molecule has 180 valence electrons. The fourth-order valence-corrected chi connectivity index (χ4v) is 6.05. The van der Waals surface area contributed by atoms with Gasteiger partial charge in [0.25, 0.3) is 11.8 Å². The van der Waals surface area contributed by atoms with Gasteiger partial charge in [-0.15, -0.1) is 0 Å². The van der Waals surface area contributed by atoms with Crippen LogP contribution in [0.1, 0.15) is 61.1 Å². The summed E-state index contributed by atoms with van der Waals surface area (Å²) >= 11 is 0. The van der Waals surface area contributed by atoms with Crippen LogP contribution >= 0.6 is 0 Å². The molecule has 4 amide bonds. The Kier molecular flexibility index (Phi) is 4.99. The van der Waals surface area contributed by atoms with Crippen molar-refractivity contribution in [3.63, 3.8) is 0 Å². The molecule has 7 heteroatoms. The fraction of sp³-hybridized carbons (Fsp3) is 0.393. The van der Waals surface area contributed by atoms with E-state index in [1.807, 2.05) is 25.1 Å². The molecule has 1 unspecified atom stereocenters. The first kappa shape index (κ1) is 21.9. The third-order valence-corrected chi connectivity index (χ3v) is 8.21. The summed E-state index contributed by atoms with van der Waals surface area (Å²) in [7, 11) is 0. The van der Waals surface area contributed by atoms with Crippen molar-refractivity contribution >= 4 is 34.4 Å². The number of carbonyl (C=O) groups is 3. The van der Waals surface area contributed by atoms with Crippen LogP contribution < -0.4 is 10.2 Å². The molecule has 3 aromatic rings. The predicted molar refractivity (Wildman–Crippen MR) is 134 cm³/mol. The Morgan fingerprint density at radius 1 is 1.03 bits per heavy atom. The molecule has 2 aromatic carbocycles. The molecule has 2 aliphatic heterocycles. The molecule has 2 fully saturated rings. The number of anilines is 1. The Bertz CT molecular complexity index is 1340. The first-order valence-electron chi connectivity index (χ1n) is 12.5. The molecule has 0 radical (unpaired) electrons. The lowest BCUT2D eigenvalue weighted by Gasteiger charge is -2.35. The summed E-state index contributed by atoms with van der Waals surface area (Å²) in [4.78, 5) is 46.3. The Labute approximate surface area is 204 Å². The summed E-state index contributed by atoms with van der Waals surface area (Å²) in [6.45, 7) is 4.56. The molecule has 3 aliphatic rings. The molecule has 35 heavy (non-hydrogen) atoms. The van der Waals surface area contributed by atoms with E-state index >= 15 is 0 Å². The van der Waals surface area contributed by atoms with E-state index in [4.69, 9.17) is 0 Å². The van der Waals surface area contributed by atoms with Crippen molar-refractivity contribution in [3.05, 3.63) is 65.4 Å². The van der Waals surface area contributed by atoms with Crippen molar-refractivity contribution in [3.8, 4) is 0 Å². The molecule has 6 rings (SSSR count). The van der Waals surface area contributed by atoms with Gasteiger partial charge in [0.2, 0.25) is 0 Å². The minimum atomic E-state index is -1.09. The zero-order chi connectivity index (χ0) is 24.3. The second-order valence-electron chi connectivity index (χ2n) is 10.4. The molecule has 0 bridgehead atoms. The number of aromatic nitrogens is 1. The SMILES string of the molecule is CC1CCC(NC(=O)c2ccc(N3C(=O)N4CCc5c([nH]c6ccccc56)C4(C)C3=O)cc2)CC1. The van der Waals surface area contributed by atoms with E-state index < -0.39 is 5.54 Å². The minimum absolute atomic E-state index is 0.109. The third-order valence-electron chi connectivity index (χ3n) is 8.21. The Morgan fingerprint density at radius 2 is 1.74 bits per heavy atom. The maximum atomic E-state index is 13.8. The van der Waals surface area contributed by atoms with Crippen LogP contribution in [0.4, 0.5) is 10.5 Å². The highest BCUT2D eigenvalue weighted by Gasteiger charge is 2.59. The van der Waals surface area contributed by atoms with Gasteiger partial charge in [0.05, 0.1) is 11.4 Å².